The molecule has 0 spiro atoms. The van der Waals surface area contributed by atoms with Crippen molar-refractivity contribution in [3.63, 3.8) is 0 Å². The quantitative estimate of drug-likeness (QED) is 0.302. The van der Waals surface area contributed by atoms with E-state index in [1.54, 1.807) is 18.3 Å². The van der Waals surface area contributed by atoms with E-state index < -0.39 is 10.8 Å². The number of carbonyl (C=O) groups excluding carboxylic acids is 1. The van der Waals surface area contributed by atoms with Gasteiger partial charge in [0.05, 0.1) is 4.92 Å². The van der Waals surface area contributed by atoms with E-state index in [-0.39, 0.29) is 17.8 Å². The lowest BCUT2D eigenvalue weighted by molar-refractivity contribution is -0.385. The molecule has 10 heteroatoms. The van der Waals surface area contributed by atoms with Crippen LogP contribution in [0.2, 0.25) is 0 Å². The molecule has 0 saturated carbocycles. The number of nitrogens with zero attached hydrogens (tertiary/aromatic N) is 4. The van der Waals surface area contributed by atoms with Crippen molar-refractivity contribution < 1.29 is 9.72 Å². The van der Waals surface area contributed by atoms with Crippen LogP contribution in [-0.4, -0.2) is 38.9 Å². The summed E-state index contributed by atoms with van der Waals surface area (Å²) in [6.07, 6.45) is 3.12. The number of carbonyl (C=O) groups is 1. The van der Waals surface area contributed by atoms with Crippen LogP contribution < -0.4 is 16.0 Å². The third-order valence-electron chi connectivity index (χ3n) is 3.90. The highest BCUT2D eigenvalue weighted by Crippen LogP contribution is 2.17. The standard InChI is InChI=1S/C19H19N7O3/c1-13-6-7-20-17(10-13)25-18-11-16(23-12-24-18)21-8-9-22-19(27)14-4-2-3-5-15(14)26(28)29/h2-7,10-12H,8-9H2,1H3,(H,22,27)(H2,20,21,23,24,25). The third kappa shape index (κ3) is 5.45. The Morgan fingerprint density at radius 3 is 2.59 bits per heavy atom. The molecule has 3 aromatic rings. The summed E-state index contributed by atoms with van der Waals surface area (Å²) in [6, 6.07) is 11.3. The van der Waals surface area contributed by atoms with E-state index in [2.05, 4.69) is 30.9 Å². The average Bonchev–Trinajstić information content (AvgIpc) is 2.71. The summed E-state index contributed by atoms with van der Waals surface area (Å²) in [5, 5.41) is 19.8. The lowest BCUT2D eigenvalue weighted by atomic mass is 10.1. The Kier molecular flexibility index (Phi) is 6.25. The molecule has 3 N–H and O–H groups in total. The molecule has 148 valence electrons. The van der Waals surface area contributed by atoms with E-state index in [4.69, 9.17) is 0 Å². The highest BCUT2D eigenvalue weighted by atomic mass is 16.6. The molecular weight excluding hydrogens is 374 g/mol. The van der Waals surface area contributed by atoms with Gasteiger partial charge in [-0.1, -0.05) is 12.1 Å². The molecule has 0 bridgehead atoms. The first-order chi connectivity index (χ1) is 14.0. The molecule has 29 heavy (non-hydrogen) atoms. The SMILES string of the molecule is Cc1ccnc(Nc2cc(NCCNC(=O)c3ccccc3[N+](=O)[O-])ncn2)c1. The molecule has 0 radical (unpaired) electrons. The number of nitro benzene ring substituents is 1. The summed E-state index contributed by atoms with van der Waals surface area (Å²) in [5.41, 5.74) is 0.871. The fourth-order valence-corrected chi connectivity index (χ4v) is 2.54. The van der Waals surface area contributed by atoms with Gasteiger partial charge in [-0.15, -0.1) is 0 Å². The van der Waals surface area contributed by atoms with E-state index in [1.807, 2.05) is 19.1 Å². The van der Waals surface area contributed by atoms with E-state index in [9.17, 15) is 14.9 Å². The van der Waals surface area contributed by atoms with Gasteiger partial charge >= 0.3 is 0 Å². The Bertz CT molecular complexity index is 1030. The lowest BCUT2D eigenvalue weighted by Gasteiger charge is -2.09. The molecule has 1 amide bonds. The van der Waals surface area contributed by atoms with Gasteiger partial charge in [-0.3, -0.25) is 14.9 Å². The van der Waals surface area contributed by atoms with Gasteiger partial charge in [-0.05, 0) is 30.7 Å². The molecule has 10 nitrogen and oxygen atoms in total. The minimum atomic E-state index is -0.578. The summed E-state index contributed by atoms with van der Waals surface area (Å²) < 4.78 is 0. The number of benzene rings is 1. The van der Waals surface area contributed by atoms with Crippen molar-refractivity contribution in [3.8, 4) is 0 Å². The molecule has 0 saturated heterocycles. The smallest absolute Gasteiger partial charge is 0.282 e. The van der Waals surface area contributed by atoms with E-state index in [1.165, 1.54) is 24.5 Å². The Balaban J connectivity index is 1.52. The van der Waals surface area contributed by atoms with Gasteiger partial charge in [0.25, 0.3) is 11.6 Å². The predicted octanol–water partition coefficient (Wildman–Crippen LogP) is 2.67. The number of rotatable bonds is 8. The predicted molar refractivity (Wildman–Crippen MR) is 108 cm³/mol. The van der Waals surface area contributed by atoms with Crippen molar-refractivity contribution >= 4 is 29.0 Å². The number of hydrogen-bond donors (Lipinski definition) is 3. The maximum atomic E-state index is 12.2. The number of nitrogens with one attached hydrogen (secondary N) is 3. The van der Waals surface area contributed by atoms with Crippen LogP contribution in [0.4, 0.5) is 23.1 Å². The molecule has 2 heterocycles. The zero-order chi connectivity index (χ0) is 20.6. The summed E-state index contributed by atoms with van der Waals surface area (Å²) in [4.78, 5) is 35.1. The van der Waals surface area contributed by atoms with Crippen molar-refractivity contribution in [2.45, 2.75) is 6.92 Å². The van der Waals surface area contributed by atoms with E-state index in [0.29, 0.717) is 24.0 Å². The van der Waals surface area contributed by atoms with Crippen molar-refractivity contribution in [3.05, 3.63) is 76.2 Å². The Hall–Kier alpha value is -4.08. The maximum Gasteiger partial charge on any atom is 0.282 e. The Labute approximate surface area is 166 Å². The van der Waals surface area contributed by atoms with Gasteiger partial charge in [-0.2, -0.15) is 0 Å². The van der Waals surface area contributed by atoms with Crippen LogP contribution in [0.25, 0.3) is 0 Å². The number of anilines is 3. The molecule has 0 atom stereocenters. The minimum Gasteiger partial charge on any atom is -0.368 e. The van der Waals surface area contributed by atoms with Crippen LogP contribution in [-0.2, 0) is 0 Å². The fourth-order valence-electron chi connectivity index (χ4n) is 2.54. The van der Waals surface area contributed by atoms with E-state index >= 15 is 0 Å². The molecule has 1 aromatic carbocycles. The number of para-hydroxylation sites is 1. The van der Waals surface area contributed by atoms with Crippen LogP contribution in [0, 0.1) is 17.0 Å². The second-order valence-electron chi connectivity index (χ2n) is 6.09. The molecule has 0 aliphatic carbocycles. The zero-order valence-electron chi connectivity index (χ0n) is 15.6. The van der Waals surface area contributed by atoms with Crippen molar-refractivity contribution in [1.29, 1.82) is 0 Å². The van der Waals surface area contributed by atoms with Crippen LogP contribution >= 0.6 is 0 Å². The lowest BCUT2D eigenvalue weighted by Crippen LogP contribution is -2.29. The van der Waals surface area contributed by atoms with E-state index in [0.717, 1.165) is 5.56 Å². The second kappa shape index (κ2) is 9.22. The Morgan fingerprint density at radius 1 is 1.03 bits per heavy atom. The summed E-state index contributed by atoms with van der Waals surface area (Å²) in [6.45, 7) is 2.61. The fraction of sp³-hybridized carbons (Fsp3) is 0.158. The normalized spacial score (nSPS) is 10.2. The number of aryl methyl sites for hydroxylation is 1. The van der Waals surface area contributed by atoms with Gasteiger partial charge in [-0.25, -0.2) is 15.0 Å². The van der Waals surface area contributed by atoms with Crippen LogP contribution in [0.3, 0.4) is 0 Å². The van der Waals surface area contributed by atoms with Gasteiger partial charge in [0.1, 0.15) is 29.3 Å². The average molecular weight is 393 g/mol. The molecule has 0 fully saturated rings. The molecular formula is C19H19N7O3. The summed E-state index contributed by atoms with van der Waals surface area (Å²) in [5.74, 6) is 1.31. The molecule has 2 aromatic heterocycles. The number of pyridine rings is 1. The highest BCUT2D eigenvalue weighted by Gasteiger charge is 2.18. The number of hydrogen-bond acceptors (Lipinski definition) is 8. The zero-order valence-corrected chi connectivity index (χ0v) is 15.6. The third-order valence-corrected chi connectivity index (χ3v) is 3.90. The number of amides is 1. The monoisotopic (exact) mass is 393 g/mol. The van der Waals surface area contributed by atoms with Gasteiger partial charge in [0, 0.05) is 31.4 Å². The van der Waals surface area contributed by atoms with Crippen LogP contribution in [0.1, 0.15) is 15.9 Å². The van der Waals surface area contributed by atoms with Crippen molar-refractivity contribution in [2.24, 2.45) is 0 Å². The van der Waals surface area contributed by atoms with Crippen molar-refractivity contribution in [2.75, 3.05) is 23.7 Å². The van der Waals surface area contributed by atoms with Gasteiger partial charge < -0.3 is 16.0 Å². The van der Waals surface area contributed by atoms with Gasteiger partial charge in [0.15, 0.2) is 0 Å². The summed E-state index contributed by atoms with van der Waals surface area (Å²) in [7, 11) is 0. The molecule has 0 aliphatic rings. The number of aromatic nitrogens is 3. The first-order valence-corrected chi connectivity index (χ1v) is 8.80. The molecule has 0 aliphatic heterocycles. The van der Waals surface area contributed by atoms with Crippen molar-refractivity contribution in [1.82, 2.24) is 20.3 Å². The topological polar surface area (TPSA) is 135 Å². The minimum absolute atomic E-state index is 0.0247. The first-order valence-electron chi connectivity index (χ1n) is 8.80. The highest BCUT2D eigenvalue weighted by molar-refractivity contribution is 5.98. The Morgan fingerprint density at radius 2 is 1.79 bits per heavy atom. The largest absolute Gasteiger partial charge is 0.368 e. The first kappa shape index (κ1) is 19.7. The van der Waals surface area contributed by atoms with Crippen LogP contribution in [0.5, 0.6) is 0 Å². The summed E-state index contributed by atoms with van der Waals surface area (Å²) >= 11 is 0. The molecule has 0 unspecified atom stereocenters. The number of nitro groups is 1. The van der Waals surface area contributed by atoms with Gasteiger partial charge in [0.2, 0.25) is 0 Å². The molecule has 3 rings (SSSR count). The maximum absolute atomic E-state index is 12.2. The second-order valence-corrected chi connectivity index (χ2v) is 6.09. The van der Waals surface area contributed by atoms with Crippen LogP contribution in [0.15, 0.2) is 55.0 Å².